The first-order valence-electron chi connectivity index (χ1n) is 5.87. The molecule has 0 radical (unpaired) electrons. The van der Waals surface area contributed by atoms with E-state index in [9.17, 15) is 17.6 Å². The summed E-state index contributed by atoms with van der Waals surface area (Å²) in [5.41, 5.74) is 0. The van der Waals surface area contributed by atoms with Crippen molar-refractivity contribution in [3.8, 4) is 11.5 Å². The van der Waals surface area contributed by atoms with Crippen molar-refractivity contribution >= 4 is 0 Å². The van der Waals surface area contributed by atoms with Gasteiger partial charge in [0.05, 0.1) is 13.2 Å². The van der Waals surface area contributed by atoms with Gasteiger partial charge in [0.25, 0.3) is 0 Å². The first kappa shape index (κ1) is 16.5. The Kier molecular flexibility index (Phi) is 6.53. The Hall–Kier alpha value is -1.54. The van der Waals surface area contributed by atoms with Crippen LogP contribution in [0.4, 0.5) is 17.6 Å². The smallest absolute Gasteiger partial charge is 0.207 e. The van der Waals surface area contributed by atoms with Crippen molar-refractivity contribution < 1.29 is 37.2 Å². The monoisotopic (exact) mass is 298 g/mol. The van der Waals surface area contributed by atoms with Gasteiger partial charge in [0.2, 0.25) is 23.3 Å². The predicted octanol–water partition coefficient (Wildman–Crippen LogP) is 1.77. The lowest BCUT2D eigenvalue weighted by Gasteiger charge is -2.13. The molecular formula is C12H14F4O4. The van der Waals surface area contributed by atoms with Gasteiger partial charge >= 0.3 is 0 Å². The Bertz CT molecular complexity index is 384. The van der Waals surface area contributed by atoms with Crippen molar-refractivity contribution in [1.29, 1.82) is 0 Å². The highest BCUT2D eigenvalue weighted by atomic mass is 19.2. The number of benzene rings is 1. The van der Waals surface area contributed by atoms with Gasteiger partial charge < -0.3 is 19.7 Å². The van der Waals surface area contributed by atoms with Gasteiger partial charge in [-0.2, -0.15) is 17.6 Å². The Morgan fingerprint density at radius 2 is 0.950 bits per heavy atom. The Morgan fingerprint density at radius 1 is 0.650 bits per heavy atom. The highest BCUT2D eigenvalue weighted by molar-refractivity contribution is 5.38. The molecule has 0 aliphatic heterocycles. The predicted molar refractivity (Wildman–Crippen MR) is 60.7 cm³/mol. The fourth-order valence-electron chi connectivity index (χ4n) is 1.32. The van der Waals surface area contributed by atoms with Crippen LogP contribution >= 0.6 is 0 Å². The minimum absolute atomic E-state index is 0.0524. The maximum atomic E-state index is 13.5. The largest absolute Gasteiger partial charge is 0.487 e. The van der Waals surface area contributed by atoms with E-state index in [4.69, 9.17) is 10.2 Å². The van der Waals surface area contributed by atoms with E-state index in [0.29, 0.717) is 0 Å². The van der Waals surface area contributed by atoms with Crippen LogP contribution in [0.3, 0.4) is 0 Å². The van der Waals surface area contributed by atoms with Crippen molar-refractivity contribution in [3.63, 3.8) is 0 Å². The number of halogens is 4. The van der Waals surface area contributed by atoms with Crippen LogP contribution in [0.15, 0.2) is 0 Å². The molecule has 0 saturated heterocycles. The Labute approximate surface area is 112 Å². The summed E-state index contributed by atoms with van der Waals surface area (Å²) in [4.78, 5) is 0. The molecule has 0 aliphatic carbocycles. The molecule has 0 bridgehead atoms. The SMILES string of the molecule is OCCCOc1c(F)c(F)c(OCCCO)c(F)c1F. The van der Waals surface area contributed by atoms with E-state index in [2.05, 4.69) is 9.47 Å². The molecule has 0 atom stereocenters. The summed E-state index contributed by atoms with van der Waals surface area (Å²) in [5.74, 6) is -9.21. The summed E-state index contributed by atoms with van der Waals surface area (Å²) < 4.78 is 63.3. The van der Waals surface area contributed by atoms with Crippen LogP contribution in [0.5, 0.6) is 11.5 Å². The van der Waals surface area contributed by atoms with E-state index in [1.165, 1.54) is 0 Å². The van der Waals surface area contributed by atoms with Gasteiger partial charge in [-0.15, -0.1) is 0 Å². The fraction of sp³-hybridized carbons (Fsp3) is 0.500. The quantitative estimate of drug-likeness (QED) is 0.436. The van der Waals surface area contributed by atoms with Gasteiger partial charge in [-0.25, -0.2) is 0 Å². The molecule has 0 saturated carbocycles. The second-order valence-corrected chi connectivity index (χ2v) is 3.77. The zero-order valence-corrected chi connectivity index (χ0v) is 10.5. The van der Waals surface area contributed by atoms with Crippen molar-refractivity contribution in [2.75, 3.05) is 26.4 Å². The van der Waals surface area contributed by atoms with Crippen molar-refractivity contribution in [2.24, 2.45) is 0 Å². The molecule has 0 heterocycles. The van der Waals surface area contributed by atoms with Crippen LogP contribution in [-0.4, -0.2) is 36.6 Å². The molecule has 1 rings (SSSR count). The van der Waals surface area contributed by atoms with E-state index in [0.717, 1.165) is 0 Å². The molecule has 0 amide bonds. The number of aliphatic hydroxyl groups excluding tert-OH is 2. The number of hydrogen-bond acceptors (Lipinski definition) is 4. The molecule has 2 N–H and O–H groups in total. The standard InChI is InChI=1S/C12H14F4O4/c13-7-9(15)12(20-6-2-4-18)10(16)8(14)11(7)19-5-1-3-17/h17-18H,1-6H2. The average Bonchev–Trinajstić information content (AvgIpc) is 2.44. The summed E-state index contributed by atoms with van der Waals surface area (Å²) >= 11 is 0. The number of aliphatic hydroxyl groups is 2. The highest BCUT2D eigenvalue weighted by Crippen LogP contribution is 2.34. The first-order chi connectivity index (χ1) is 9.54. The zero-order valence-electron chi connectivity index (χ0n) is 10.5. The molecule has 4 nitrogen and oxygen atoms in total. The molecule has 0 unspecified atom stereocenters. The Balaban J connectivity index is 3.00. The minimum atomic E-state index is -1.71. The molecule has 0 fully saturated rings. The molecule has 0 aromatic heterocycles. The van der Waals surface area contributed by atoms with Gasteiger partial charge in [-0.05, 0) is 0 Å². The van der Waals surface area contributed by atoms with Gasteiger partial charge in [0.15, 0.2) is 11.5 Å². The lowest BCUT2D eigenvalue weighted by atomic mass is 10.2. The fourth-order valence-corrected chi connectivity index (χ4v) is 1.32. The zero-order chi connectivity index (χ0) is 15.1. The lowest BCUT2D eigenvalue weighted by Crippen LogP contribution is -2.10. The third kappa shape index (κ3) is 3.73. The molecule has 0 aliphatic rings. The van der Waals surface area contributed by atoms with Crippen LogP contribution in [0, 0.1) is 23.3 Å². The summed E-state index contributed by atoms with van der Waals surface area (Å²) in [5, 5.41) is 17.0. The highest BCUT2D eigenvalue weighted by Gasteiger charge is 2.27. The number of hydrogen-bond donors (Lipinski definition) is 2. The Morgan fingerprint density at radius 3 is 1.20 bits per heavy atom. The van der Waals surface area contributed by atoms with Gasteiger partial charge in [0, 0.05) is 26.1 Å². The molecule has 0 spiro atoms. The molecule has 8 heteroatoms. The summed E-state index contributed by atoms with van der Waals surface area (Å²) in [6.45, 7) is -1.19. The second kappa shape index (κ2) is 7.91. The summed E-state index contributed by atoms with van der Waals surface area (Å²) in [6, 6.07) is 0. The third-order valence-electron chi connectivity index (χ3n) is 2.28. The van der Waals surface area contributed by atoms with Crippen LogP contribution in [-0.2, 0) is 0 Å². The van der Waals surface area contributed by atoms with Crippen LogP contribution < -0.4 is 9.47 Å². The van der Waals surface area contributed by atoms with Gasteiger partial charge in [0.1, 0.15) is 0 Å². The van der Waals surface area contributed by atoms with E-state index < -0.39 is 34.8 Å². The van der Waals surface area contributed by atoms with Crippen molar-refractivity contribution in [2.45, 2.75) is 12.8 Å². The second-order valence-electron chi connectivity index (χ2n) is 3.77. The minimum Gasteiger partial charge on any atom is -0.487 e. The summed E-state index contributed by atoms with van der Waals surface area (Å²) in [7, 11) is 0. The van der Waals surface area contributed by atoms with E-state index in [-0.39, 0.29) is 39.3 Å². The molecular weight excluding hydrogens is 284 g/mol. The normalized spacial score (nSPS) is 10.7. The molecule has 1 aromatic carbocycles. The van der Waals surface area contributed by atoms with Gasteiger partial charge in [-0.3, -0.25) is 0 Å². The lowest BCUT2D eigenvalue weighted by molar-refractivity contribution is 0.204. The van der Waals surface area contributed by atoms with Crippen molar-refractivity contribution in [1.82, 2.24) is 0 Å². The van der Waals surface area contributed by atoms with Crippen LogP contribution in [0.2, 0.25) is 0 Å². The number of ether oxygens (including phenoxy) is 2. The molecule has 114 valence electrons. The number of rotatable bonds is 8. The van der Waals surface area contributed by atoms with E-state index in [1.807, 2.05) is 0 Å². The first-order valence-corrected chi connectivity index (χ1v) is 5.87. The molecule has 1 aromatic rings. The van der Waals surface area contributed by atoms with Crippen LogP contribution in [0.1, 0.15) is 12.8 Å². The molecule has 20 heavy (non-hydrogen) atoms. The maximum absolute atomic E-state index is 13.5. The van der Waals surface area contributed by atoms with E-state index >= 15 is 0 Å². The third-order valence-corrected chi connectivity index (χ3v) is 2.28. The topological polar surface area (TPSA) is 58.9 Å². The van der Waals surface area contributed by atoms with Crippen LogP contribution in [0.25, 0.3) is 0 Å². The average molecular weight is 298 g/mol. The van der Waals surface area contributed by atoms with Gasteiger partial charge in [-0.1, -0.05) is 0 Å². The summed E-state index contributed by atoms with van der Waals surface area (Å²) in [6.07, 6.45) is 0.105. The maximum Gasteiger partial charge on any atom is 0.207 e. The van der Waals surface area contributed by atoms with Crippen molar-refractivity contribution in [3.05, 3.63) is 23.3 Å². The van der Waals surface area contributed by atoms with E-state index in [1.54, 1.807) is 0 Å².